The summed E-state index contributed by atoms with van der Waals surface area (Å²) in [5.74, 6) is 0. The third-order valence-electron chi connectivity index (χ3n) is 13.4. The van der Waals surface area contributed by atoms with Crippen molar-refractivity contribution in [1.82, 2.24) is 0 Å². The second-order valence-electron chi connectivity index (χ2n) is 16.8. The van der Waals surface area contributed by atoms with E-state index in [9.17, 15) is 0 Å². The summed E-state index contributed by atoms with van der Waals surface area (Å²) in [6.45, 7) is 0. The van der Waals surface area contributed by atoms with Gasteiger partial charge < -0.3 is 13.7 Å². The number of rotatable bonds is 7. The zero-order valence-electron chi connectivity index (χ0n) is 34.8. The van der Waals surface area contributed by atoms with Crippen LogP contribution in [0.15, 0.2) is 245 Å². The van der Waals surface area contributed by atoms with Gasteiger partial charge in [-0.2, -0.15) is 0 Å². The summed E-state index contributed by atoms with van der Waals surface area (Å²) in [6.07, 6.45) is 0. The molecule has 0 aliphatic heterocycles. The number of anilines is 3. The van der Waals surface area contributed by atoms with Crippen LogP contribution in [0.3, 0.4) is 0 Å². The molecular formula is C61H39NO2. The minimum absolute atomic E-state index is 0.468. The molecule has 3 nitrogen and oxygen atoms in total. The zero-order chi connectivity index (χ0) is 42.2. The molecule has 0 N–H and O–H groups in total. The van der Waals surface area contributed by atoms with Crippen LogP contribution < -0.4 is 4.90 Å². The number of hydrogen-bond acceptors (Lipinski definition) is 3. The highest BCUT2D eigenvalue weighted by atomic mass is 16.3. The molecule has 0 saturated carbocycles. The van der Waals surface area contributed by atoms with E-state index in [1.807, 2.05) is 24.3 Å². The smallest absolute Gasteiger partial charge is 0.135 e. The van der Waals surface area contributed by atoms with E-state index in [-0.39, 0.29) is 0 Å². The first-order valence-corrected chi connectivity index (χ1v) is 21.9. The third kappa shape index (κ3) is 5.54. The van der Waals surface area contributed by atoms with Crippen molar-refractivity contribution in [3.8, 4) is 33.4 Å². The Hall–Kier alpha value is -8.40. The number of benzene rings is 10. The van der Waals surface area contributed by atoms with Gasteiger partial charge in [-0.3, -0.25) is 0 Å². The molecule has 3 heteroatoms. The number of fused-ring (bicyclic) bond motifs is 9. The van der Waals surface area contributed by atoms with Crippen LogP contribution in [0.1, 0.15) is 22.3 Å². The summed E-state index contributed by atoms with van der Waals surface area (Å²) in [4.78, 5) is 2.36. The molecule has 13 rings (SSSR count). The topological polar surface area (TPSA) is 29.5 Å². The summed E-state index contributed by atoms with van der Waals surface area (Å²) in [6, 6.07) is 85.4. The van der Waals surface area contributed by atoms with Gasteiger partial charge in [-0.05, 0) is 128 Å². The van der Waals surface area contributed by atoms with Crippen LogP contribution in [0.2, 0.25) is 0 Å². The molecule has 0 fully saturated rings. The summed E-state index contributed by atoms with van der Waals surface area (Å²) in [7, 11) is 0. The maximum atomic E-state index is 6.16. The normalized spacial score (nSPS) is 12.8. The van der Waals surface area contributed by atoms with E-state index in [0.29, 0.717) is 0 Å². The molecule has 0 spiro atoms. The van der Waals surface area contributed by atoms with Crippen LogP contribution in [0.4, 0.5) is 17.1 Å². The van der Waals surface area contributed by atoms with Crippen molar-refractivity contribution in [2.75, 3.05) is 4.90 Å². The largest absolute Gasteiger partial charge is 0.456 e. The van der Waals surface area contributed by atoms with Gasteiger partial charge in [-0.25, -0.2) is 0 Å². The summed E-state index contributed by atoms with van der Waals surface area (Å²) in [5.41, 5.74) is 18.6. The van der Waals surface area contributed by atoms with Crippen molar-refractivity contribution in [3.05, 3.63) is 259 Å². The van der Waals surface area contributed by atoms with E-state index in [0.717, 1.165) is 83.2 Å². The van der Waals surface area contributed by atoms with E-state index in [1.165, 1.54) is 33.4 Å². The minimum atomic E-state index is -0.468. The van der Waals surface area contributed by atoms with Gasteiger partial charge in [0.15, 0.2) is 0 Å². The van der Waals surface area contributed by atoms with Crippen LogP contribution in [-0.4, -0.2) is 0 Å². The Labute approximate surface area is 370 Å². The monoisotopic (exact) mass is 817 g/mol. The van der Waals surface area contributed by atoms with Gasteiger partial charge in [0.25, 0.3) is 0 Å². The molecule has 300 valence electrons. The van der Waals surface area contributed by atoms with Crippen LogP contribution in [0, 0.1) is 0 Å². The number of nitrogens with zero attached hydrogens (tertiary/aromatic N) is 1. The van der Waals surface area contributed by atoms with Crippen molar-refractivity contribution in [3.63, 3.8) is 0 Å². The van der Waals surface area contributed by atoms with Crippen LogP contribution in [0.5, 0.6) is 0 Å². The predicted molar refractivity (Wildman–Crippen MR) is 264 cm³/mol. The van der Waals surface area contributed by atoms with E-state index in [4.69, 9.17) is 8.83 Å². The molecule has 1 aliphatic carbocycles. The van der Waals surface area contributed by atoms with Gasteiger partial charge >= 0.3 is 0 Å². The third-order valence-corrected chi connectivity index (χ3v) is 13.4. The molecule has 0 unspecified atom stereocenters. The number of furan rings is 2. The second kappa shape index (κ2) is 14.3. The first-order valence-electron chi connectivity index (χ1n) is 21.9. The fourth-order valence-electron chi connectivity index (χ4n) is 10.4. The van der Waals surface area contributed by atoms with E-state index < -0.39 is 5.41 Å². The van der Waals surface area contributed by atoms with Crippen LogP contribution in [-0.2, 0) is 5.41 Å². The van der Waals surface area contributed by atoms with E-state index in [1.54, 1.807) is 0 Å². The highest BCUT2D eigenvalue weighted by Gasteiger charge is 2.45. The Balaban J connectivity index is 0.928. The Kier molecular flexibility index (Phi) is 8.13. The average molecular weight is 818 g/mol. The molecule has 0 amide bonds. The minimum Gasteiger partial charge on any atom is -0.456 e. The Morgan fingerprint density at radius 1 is 0.281 bits per heavy atom. The number of hydrogen-bond donors (Lipinski definition) is 0. The van der Waals surface area contributed by atoms with Gasteiger partial charge in [0.1, 0.15) is 22.3 Å². The lowest BCUT2D eigenvalue weighted by Gasteiger charge is -2.34. The Bertz CT molecular complexity index is 3510. The SMILES string of the molecule is c1ccc(C2(c3ccc(N(c4ccc(-c5ccc6oc7ccccc7c6c5)cc4)c4ccc(-c5ccc6oc7ccccc7c6c5)cc4)cc3)c3ccccc3-c3ccccc32)cc1. The Morgan fingerprint density at radius 3 is 1.16 bits per heavy atom. The van der Waals surface area contributed by atoms with E-state index >= 15 is 0 Å². The van der Waals surface area contributed by atoms with Crippen molar-refractivity contribution < 1.29 is 8.83 Å². The molecule has 12 aromatic rings. The lowest BCUT2D eigenvalue weighted by atomic mass is 9.68. The second-order valence-corrected chi connectivity index (χ2v) is 16.8. The van der Waals surface area contributed by atoms with Gasteiger partial charge in [-0.15, -0.1) is 0 Å². The highest BCUT2D eigenvalue weighted by Crippen LogP contribution is 2.56. The fourth-order valence-corrected chi connectivity index (χ4v) is 10.4. The summed E-state index contributed by atoms with van der Waals surface area (Å²) < 4.78 is 12.3. The number of para-hydroxylation sites is 2. The van der Waals surface area contributed by atoms with Crippen LogP contribution in [0.25, 0.3) is 77.3 Å². The van der Waals surface area contributed by atoms with Crippen molar-refractivity contribution >= 4 is 60.9 Å². The molecular weight excluding hydrogens is 779 g/mol. The van der Waals surface area contributed by atoms with Gasteiger partial charge in [0, 0.05) is 38.6 Å². The molecule has 64 heavy (non-hydrogen) atoms. The molecule has 1 aliphatic rings. The first kappa shape index (κ1) is 36.3. The quantitative estimate of drug-likeness (QED) is 0.160. The fraction of sp³-hybridized carbons (Fsp3) is 0.0164. The molecule has 0 bridgehead atoms. The summed E-state index contributed by atoms with van der Waals surface area (Å²) in [5, 5.41) is 4.51. The van der Waals surface area contributed by atoms with Gasteiger partial charge in [0.05, 0.1) is 5.41 Å². The average Bonchev–Trinajstić information content (AvgIpc) is 4.03. The van der Waals surface area contributed by atoms with Gasteiger partial charge in [0.2, 0.25) is 0 Å². The molecule has 10 aromatic carbocycles. The van der Waals surface area contributed by atoms with Gasteiger partial charge in [-0.1, -0.05) is 164 Å². The van der Waals surface area contributed by atoms with Crippen LogP contribution >= 0.6 is 0 Å². The first-order chi connectivity index (χ1) is 31.7. The van der Waals surface area contributed by atoms with Crippen molar-refractivity contribution in [2.24, 2.45) is 0 Å². The maximum Gasteiger partial charge on any atom is 0.135 e. The summed E-state index contributed by atoms with van der Waals surface area (Å²) >= 11 is 0. The Morgan fingerprint density at radius 2 is 0.656 bits per heavy atom. The lowest BCUT2D eigenvalue weighted by molar-refractivity contribution is 0.668. The van der Waals surface area contributed by atoms with Crippen molar-refractivity contribution in [2.45, 2.75) is 5.41 Å². The molecule has 0 radical (unpaired) electrons. The van der Waals surface area contributed by atoms with E-state index in [2.05, 4.69) is 217 Å². The molecule has 2 aromatic heterocycles. The molecule has 2 heterocycles. The zero-order valence-corrected chi connectivity index (χ0v) is 34.8. The molecule has 0 atom stereocenters. The maximum absolute atomic E-state index is 6.16. The standard InChI is InChI=1S/C61H39NO2/c1-2-12-44(13-3-1)61(55-18-8-4-14-49(55)50-15-5-9-19-56(50)61)45-28-34-48(35-29-45)62(46-30-22-40(23-31-46)42-26-36-59-53(38-42)51-16-6-10-20-57(51)63-59)47-32-24-41(25-33-47)43-27-37-60-54(39-43)52-17-7-11-21-58(52)64-60/h1-39H. The molecule has 0 saturated heterocycles. The predicted octanol–water partition coefficient (Wildman–Crippen LogP) is 16.7. The highest BCUT2D eigenvalue weighted by molar-refractivity contribution is 6.07. The van der Waals surface area contributed by atoms with Crippen molar-refractivity contribution in [1.29, 1.82) is 0 Å². The lowest BCUT2D eigenvalue weighted by Crippen LogP contribution is -2.28.